The fourth-order valence-corrected chi connectivity index (χ4v) is 4.56. The molecular formula is C15H26O3. The van der Waals surface area contributed by atoms with Crippen LogP contribution >= 0.6 is 0 Å². The van der Waals surface area contributed by atoms with Crippen molar-refractivity contribution >= 4 is 0 Å². The molecular weight excluding hydrogens is 228 g/mol. The second kappa shape index (κ2) is 5.48. The summed E-state index contributed by atoms with van der Waals surface area (Å²) in [6, 6.07) is 0. The SMILES string of the molecule is CC1C(C)C2CC1C1COCCOCCOCC21. The predicted octanol–water partition coefficient (Wildman–Crippen LogP) is 2.20. The zero-order chi connectivity index (χ0) is 12.5. The van der Waals surface area contributed by atoms with E-state index in [-0.39, 0.29) is 0 Å². The van der Waals surface area contributed by atoms with E-state index >= 15 is 0 Å². The quantitative estimate of drug-likeness (QED) is 0.663. The molecule has 0 spiro atoms. The lowest BCUT2D eigenvalue weighted by molar-refractivity contribution is -0.0103. The molecule has 1 saturated heterocycles. The molecule has 3 nitrogen and oxygen atoms in total. The van der Waals surface area contributed by atoms with E-state index in [9.17, 15) is 0 Å². The van der Waals surface area contributed by atoms with Gasteiger partial charge in [-0.1, -0.05) is 13.8 Å². The molecule has 104 valence electrons. The maximum Gasteiger partial charge on any atom is 0.0701 e. The Hall–Kier alpha value is -0.120. The molecule has 0 aromatic carbocycles. The van der Waals surface area contributed by atoms with Crippen molar-refractivity contribution < 1.29 is 14.2 Å². The van der Waals surface area contributed by atoms with E-state index < -0.39 is 0 Å². The van der Waals surface area contributed by atoms with Gasteiger partial charge in [0.25, 0.3) is 0 Å². The number of ether oxygens (including phenoxy) is 3. The number of hydrogen-bond acceptors (Lipinski definition) is 3. The second-order valence-electron chi connectivity index (χ2n) is 6.37. The van der Waals surface area contributed by atoms with Gasteiger partial charge in [-0.3, -0.25) is 0 Å². The summed E-state index contributed by atoms with van der Waals surface area (Å²) in [5.41, 5.74) is 0. The van der Waals surface area contributed by atoms with Crippen molar-refractivity contribution in [3.63, 3.8) is 0 Å². The molecule has 0 aromatic heterocycles. The van der Waals surface area contributed by atoms with Gasteiger partial charge in [0.1, 0.15) is 0 Å². The van der Waals surface area contributed by atoms with Crippen molar-refractivity contribution in [2.75, 3.05) is 39.6 Å². The molecule has 0 amide bonds. The smallest absolute Gasteiger partial charge is 0.0701 e. The standard InChI is InChI=1S/C15H26O3/c1-10-11(2)13-7-12(10)14-8-17-5-3-16-4-6-18-9-15(13)14/h10-15H,3-9H2,1-2H3. The number of hydrogen-bond donors (Lipinski definition) is 0. The highest BCUT2D eigenvalue weighted by atomic mass is 16.5. The van der Waals surface area contributed by atoms with Gasteiger partial charge in [0, 0.05) is 0 Å². The monoisotopic (exact) mass is 254 g/mol. The predicted molar refractivity (Wildman–Crippen MR) is 69.4 cm³/mol. The molecule has 3 fully saturated rings. The van der Waals surface area contributed by atoms with Gasteiger partial charge in [0.2, 0.25) is 0 Å². The van der Waals surface area contributed by atoms with Crippen LogP contribution in [-0.4, -0.2) is 39.6 Å². The van der Waals surface area contributed by atoms with Crippen LogP contribution in [0.2, 0.25) is 0 Å². The van der Waals surface area contributed by atoms with E-state index in [1.54, 1.807) is 0 Å². The Labute approximate surface area is 110 Å². The fraction of sp³-hybridized carbons (Fsp3) is 1.00. The van der Waals surface area contributed by atoms with Crippen LogP contribution in [-0.2, 0) is 14.2 Å². The Morgan fingerprint density at radius 1 is 0.611 bits per heavy atom. The number of fused-ring (bicyclic) bond motifs is 5. The molecule has 18 heavy (non-hydrogen) atoms. The van der Waals surface area contributed by atoms with Crippen LogP contribution < -0.4 is 0 Å². The van der Waals surface area contributed by atoms with Gasteiger partial charge >= 0.3 is 0 Å². The fourth-order valence-electron chi connectivity index (χ4n) is 4.56. The Balaban J connectivity index is 1.69. The van der Waals surface area contributed by atoms with Crippen LogP contribution in [0.3, 0.4) is 0 Å². The van der Waals surface area contributed by atoms with E-state index in [4.69, 9.17) is 14.2 Å². The van der Waals surface area contributed by atoms with Gasteiger partial charge < -0.3 is 14.2 Å². The molecule has 2 saturated carbocycles. The van der Waals surface area contributed by atoms with Gasteiger partial charge in [0.15, 0.2) is 0 Å². The van der Waals surface area contributed by atoms with Crippen LogP contribution in [0, 0.1) is 35.5 Å². The second-order valence-corrected chi connectivity index (χ2v) is 6.37. The highest BCUT2D eigenvalue weighted by Gasteiger charge is 2.54. The van der Waals surface area contributed by atoms with Crippen LogP contribution in [0.25, 0.3) is 0 Å². The summed E-state index contributed by atoms with van der Waals surface area (Å²) in [4.78, 5) is 0. The van der Waals surface area contributed by atoms with Crippen molar-refractivity contribution in [2.45, 2.75) is 20.3 Å². The summed E-state index contributed by atoms with van der Waals surface area (Å²) in [5.74, 6) is 4.89. The first-order valence-electron chi connectivity index (χ1n) is 7.52. The zero-order valence-electron chi connectivity index (χ0n) is 11.6. The van der Waals surface area contributed by atoms with Crippen LogP contribution in [0.1, 0.15) is 20.3 Å². The van der Waals surface area contributed by atoms with Gasteiger partial charge in [-0.25, -0.2) is 0 Å². The Bertz CT molecular complexity index is 255. The van der Waals surface area contributed by atoms with E-state index in [2.05, 4.69) is 13.8 Å². The molecule has 3 aliphatic rings. The lowest BCUT2D eigenvalue weighted by atomic mass is 9.70. The summed E-state index contributed by atoms with van der Waals surface area (Å²) in [6.07, 6.45) is 1.40. The first-order valence-corrected chi connectivity index (χ1v) is 7.52. The van der Waals surface area contributed by atoms with E-state index in [0.717, 1.165) is 61.9 Å². The van der Waals surface area contributed by atoms with E-state index in [1.807, 2.05) is 0 Å². The minimum atomic E-state index is 0.709. The molecule has 2 bridgehead atoms. The first-order chi connectivity index (χ1) is 8.79. The largest absolute Gasteiger partial charge is 0.379 e. The molecule has 2 aliphatic carbocycles. The molecule has 0 radical (unpaired) electrons. The van der Waals surface area contributed by atoms with Gasteiger partial charge in [-0.2, -0.15) is 0 Å². The molecule has 3 rings (SSSR count). The molecule has 0 N–H and O–H groups in total. The molecule has 3 heteroatoms. The Morgan fingerprint density at radius 3 is 1.56 bits per heavy atom. The van der Waals surface area contributed by atoms with E-state index in [1.165, 1.54) is 6.42 Å². The van der Waals surface area contributed by atoms with E-state index in [0.29, 0.717) is 13.2 Å². The average Bonchev–Trinajstić information content (AvgIpc) is 2.83. The minimum absolute atomic E-state index is 0.709. The average molecular weight is 254 g/mol. The minimum Gasteiger partial charge on any atom is -0.379 e. The lowest BCUT2D eigenvalue weighted by Crippen LogP contribution is -2.37. The highest BCUT2D eigenvalue weighted by Crippen LogP contribution is 2.58. The highest BCUT2D eigenvalue weighted by molar-refractivity contribution is 5.02. The van der Waals surface area contributed by atoms with Gasteiger partial charge in [0.05, 0.1) is 39.6 Å². The van der Waals surface area contributed by atoms with Gasteiger partial charge in [-0.05, 0) is 41.9 Å². The third kappa shape index (κ3) is 2.21. The van der Waals surface area contributed by atoms with Crippen molar-refractivity contribution in [3.05, 3.63) is 0 Å². The van der Waals surface area contributed by atoms with Crippen molar-refractivity contribution in [2.24, 2.45) is 35.5 Å². The zero-order valence-corrected chi connectivity index (χ0v) is 11.6. The topological polar surface area (TPSA) is 27.7 Å². The summed E-state index contributed by atoms with van der Waals surface area (Å²) in [7, 11) is 0. The van der Waals surface area contributed by atoms with Crippen LogP contribution in [0.4, 0.5) is 0 Å². The lowest BCUT2D eigenvalue weighted by Gasteiger charge is -2.38. The summed E-state index contributed by atoms with van der Waals surface area (Å²) < 4.78 is 17.1. The molecule has 6 atom stereocenters. The Morgan fingerprint density at radius 2 is 1.06 bits per heavy atom. The van der Waals surface area contributed by atoms with Crippen molar-refractivity contribution in [3.8, 4) is 0 Å². The molecule has 1 heterocycles. The summed E-state index contributed by atoms with van der Waals surface area (Å²) >= 11 is 0. The van der Waals surface area contributed by atoms with Gasteiger partial charge in [-0.15, -0.1) is 0 Å². The maximum atomic E-state index is 5.84. The summed E-state index contributed by atoms with van der Waals surface area (Å²) in [5, 5.41) is 0. The molecule has 1 aliphatic heterocycles. The van der Waals surface area contributed by atoms with Crippen LogP contribution in [0.15, 0.2) is 0 Å². The number of rotatable bonds is 0. The third-order valence-electron chi connectivity index (χ3n) is 5.74. The Kier molecular flexibility index (Phi) is 3.92. The van der Waals surface area contributed by atoms with Crippen LogP contribution in [0.5, 0.6) is 0 Å². The van der Waals surface area contributed by atoms with Crippen molar-refractivity contribution in [1.29, 1.82) is 0 Å². The third-order valence-corrected chi connectivity index (χ3v) is 5.74. The molecule has 0 aromatic rings. The first kappa shape index (κ1) is 12.9. The molecule has 6 unspecified atom stereocenters. The summed E-state index contributed by atoms with van der Waals surface area (Å²) in [6.45, 7) is 9.59. The normalized spacial score (nSPS) is 49.7. The maximum absolute atomic E-state index is 5.84. The van der Waals surface area contributed by atoms with Crippen molar-refractivity contribution in [1.82, 2.24) is 0 Å².